The minimum Gasteiger partial charge on any atom is -0.292 e. The second-order valence-electron chi connectivity index (χ2n) is 7.78. The van der Waals surface area contributed by atoms with Gasteiger partial charge in [-0.15, -0.1) is 0 Å². The molecule has 0 aromatic heterocycles. The summed E-state index contributed by atoms with van der Waals surface area (Å²) >= 11 is 0. The number of hydrazine groups is 1. The van der Waals surface area contributed by atoms with Crippen molar-refractivity contribution in [2.75, 3.05) is 6.54 Å². The minimum absolute atomic E-state index is 0.237. The lowest BCUT2D eigenvalue weighted by Crippen LogP contribution is -2.51. The van der Waals surface area contributed by atoms with Crippen molar-refractivity contribution in [3.05, 3.63) is 119 Å². The molecule has 0 N–H and O–H groups in total. The largest absolute Gasteiger partial charge is 0.292 e. The number of ketones is 1. The van der Waals surface area contributed by atoms with Gasteiger partial charge in [-0.3, -0.25) is 49.5 Å². The maximum atomic E-state index is 13.5. The number of carbonyl (C=O) groups excluding carboxylic acids is 4. The second-order valence-corrected chi connectivity index (χ2v) is 7.78. The summed E-state index contributed by atoms with van der Waals surface area (Å²) in [5.74, 6) is -4.55. The number of amides is 3. The van der Waals surface area contributed by atoms with Crippen LogP contribution in [0.3, 0.4) is 0 Å². The van der Waals surface area contributed by atoms with Gasteiger partial charge in [0.15, 0.2) is 5.78 Å². The third-order valence-corrected chi connectivity index (χ3v) is 5.52. The lowest BCUT2D eigenvalue weighted by atomic mass is 10.1. The van der Waals surface area contributed by atoms with Crippen molar-refractivity contribution in [3.63, 3.8) is 0 Å². The van der Waals surface area contributed by atoms with Crippen LogP contribution in [0.15, 0.2) is 66.7 Å². The van der Waals surface area contributed by atoms with E-state index in [1.54, 1.807) is 0 Å². The number of nitro benzene ring substituents is 3. The van der Waals surface area contributed by atoms with Gasteiger partial charge >= 0.3 is 0 Å². The van der Waals surface area contributed by atoms with Crippen molar-refractivity contribution >= 4 is 40.6 Å². The molecule has 15 heteroatoms. The summed E-state index contributed by atoms with van der Waals surface area (Å²) in [6.07, 6.45) is 0. The van der Waals surface area contributed by atoms with Gasteiger partial charge in [0.2, 0.25) is 0 Å². The molecule has 0 saturated heterocycles. The number of imide groups is 1. The van der Waals surface area contributed by atoms with E-state index in [1.165, 1.54) is 18.2 Å². The maximum Gasteiger partial charge on any atom is 0.287 e. The van der Waals surface area contributed by atoms with Crippen molar-refractivity contribution in [1.82, 2.24) is 10.0 Å². The highest BCUT2D eigenvalue weighted by atomic mass is 16.6. The first kappa shape index (κ1) is 25.2. The number of carbonyl (C=O) groups is 4. The Morgan fingerprint density at radius 2 is 1.29 bits per heavy atom. The van der Waals surface area contributed by atoms with Gasteiger partial charge in [-0.25, -0.2) is 5.01 Å². The first-order valence-electron chi connectivity index (χ1n) is 10.5. The fraction of sp³-hybridized carbons (Fsp3) is 0.0435. The van der Waals surface area contributed by atoms with Crippen LogP contribution in [0.4, 0.5) is 17.1 Å². The van der Waals surface area contributed by atoms with E-state index in [-0.39, 0.29) is 16.1 Å². The first-order valence-corrected chi connectivity index (χ1v) is 10.5. The average Bonchev–Trinajstić information content (AvgIpc) is 3.16. The Labute approximate surface area is 210 Å². The topological polar surface area (TPSA) is 204 Å². The fourth-order valence-electron chi connectivity index (χ4n) is 3.78. The normalized spacial score (nSPS) is 12.2. The number of hydrogen-bond donors (Lipinski definition) is 0. The molecule has 3 aromatic carbocycles. The molecule has 0 spiro atoms. The lowest BCUT2D eigenvalue weighted by molar-refractivity contribution is -0.385. The number of hydrogen-bond acceptors (Lipinski definition) is 10. The summed E-state index contributed by atoms with van der Waals surface area (Å²) in [5, 5.41) is 34.4. The fourth-order valence-corrected chi connectivity index (χ4v) is 3.78. The second kappa shape index (κ2) is 9.65. The quantitative estimate of drug-likeness (QED) is 0.184. The zero-order chi connectivity index (χ0) is 27.7. The summed E-state index contributed by atoms with van der Waals surface area (Å²) in [7, 11) is 0. The Balaban J connectivity index is 1.81. The highest BCUT2D eigenvalue weighted by Crippen LogP contribution is 2.32. The third-order valence-electron chi connectivity index (χ3n) is 5.52. The number of nitro groups is 3. The Kier molecular flexibility index (Phi) is 6.41. The van der Waals surface area contributed by atoms with Gasteiger partial charge in [-0.1, -0.05) is 24.3 Å². The molecule has 0 fully saturated rings. The van der Waals surface area contributed by atoms with Crippen LogP contribution in [0.25, 0.3) is 0 Å². The van der Waals surface area contributed by atoms with Crippen molar-refractivity contribution < 1.29 is 33.9 Å². The van der Waals surface area contributed by atoms with Crippen LogP contribution < -0.4 is 0 Å². The molecule has 15 nitrogen and oxygen atoms in total. The van der Waals surface area contributed by atoms with E-state index < -0.39 is 73.0 Å². The van der Waals surface area contributed by atoms with Crippen LogP contribution in [0.5, 0.6) is 0 Å². The van der Waals surface area contributed by atoms with Crippen LogP contribution in [0, 0.1) is 30.3 Å². The molecule has 4 rings (SSSR count). The van der Waals surface area contributed by atoms with Crippen molar-refractivity contribution in [2.45, 2.75) is 0 Å². The van der Waals surface area contributed by atoms with E-state index >= 15 is 0 Å². The Bertz CT molecular complexity index is 1580. The van der Waals surface area contributed by atoms with Crippen molar-refractivity contribution in [3.8, 4) is 0 Å². The monoisotopic (exact) mass is 519 g/mol. The zero-order valence-corrected chi connectivity index (χ0v) is 18.9. The number of fused-ring (bicyclic) bond motifs is 1. The third kappa shape index (κ3) is 4.41. The van der Waals surface area contributed by atoms with Gasteiger partial charge < -0.3 is 0 Å². The molecule has 1 aliphatic heterocycles. The van der Waals surface area contributed by atoms with E-state index in [0.29, 0.717) is 5.01 Å². The number of rotatable bonds is 8. The Morgan fingerprint density at radius 1 is 0.737 bits per heavy atom. The van der Waals surface area contributed by atoms with E-state index in [4.69, 9.17) is 0 Å². The van der Waals surface area contributed by atoms with E-state index in [0.717, 1.165) is 48.5 Å². The molecule has 0 radical (unpaired) electrons. The van der Waals surface area contributed by atoms with E-state index in [1.807, 2.05) is 0 Å². The molecule has 0 bridgehead atoms. The molecule has 3 aromatic rings. The molecule has 1 aliphatic rings. The summed E-state index contributed by atoms with van der Waals surface area (Å²) in [5.41, 5.74) is -3.28. The van der Waals surface area contributed by atoms with Crippen LogP contribution in [0.1, 0.15) is 41.4 Å². The average molecular weight is 519 g/mol. The lowest BCUT2D eigenvalue weighted by Gasteiger charge is -2.29. The smallest absolute Gasteiger partial charge is 0.287 e. The molecule has 1 heterocycles. The number of benzene rings is 3. The number of Topliss-reactive ketones (excluding diaryl/α,β-unsaturated/α-hetero) is 1. The van der Waals surface area contributed by atoms with Crippen molar-refractivity contribution in [1.29, 1.82) is 0 Å². The molecule has 0 atom stereocenters. The molecule has 190 valence electrons. The zero-order valence-electron chi connectivity index (χ0n) is 18.9. The standard InChI is InChI=1S/C23H13N5O10/c29-19(13-4-1-6-15(10-13)26(33)34)12-24(21(30)14-5-2-7-16(11-14)27(35)36)25-22(31)17-8-3-9-18(28(37)38)20(17)23(25)32/h1-11H,12H2. The van der Waals surface area contributed by atoms with Crippen LogP contribution in [-0.2, 0) is 0 Å². The number of nitrogens with zero attached hydrogens (tertiary/aromatic N) is 5. The maximum absolute atomic E-state index is 13.5. The molecule has 0 aliphatic carbocycles. The van der Waals surface area contributed by atoms with E-state index in [2.05, 4.69) is 0 Å². The molecular formula is C23H13N5O10. The summed E-state index contributed by atoms with van der Waals surface area (Å²) in [4.78, 5) is 84.3. The predicted molar refractivity (Wildman–Crippen MR) is 125 cm³/mol. The molecular weight excluding hydrogens is 506 g/mol. The molecule has 0 saturated carbocycles. The SMILES string of the molecule is O=C(CN(C(=O)c1cccc([N+](=O)[O-])c1)N1C(=O)c2cccc([N+](=O)[O-])c2C1=O)c1cccc([N+](=O)[O-])c1. The van der Waals surface area contributed by atoms with Gasteiger partial charge in [0.1, 0.15) is 12.1 Å². The van der Waals surface area contributed by atoms with Crippen LogP contribution in [-0.4, -0.2) is 54.8 Å². The van der Waals surface area contributed by atoms with E-state index in [9.17, 15) is 49.5 Å². The molecule has 0 unspecified atom stereocenters. The van der Waals surface area contributed by atoms with Crippen molar-refractivity contribution in [2.24, 2.45) is 0 Å². The number of non-ortho nitro benzene ring substituents is 2. The highest BCUT2D eigenvalue weighted by Gasteiger charge is 2.46. The van der Waals surface area contributed by atoms with Gasteiger partial charge in [0.05, 0.1) is 20.3 Å². The predicted octanol–water partition coefficient (Wildman–Crippen LogP) is 2.95. The van der Waals surface area contributed by atoms with Crippen LogP contribution in [0.2, 0.25) is 0 Å². The highest BCUT2D eigenvalue weighted by molar-refractivity contribution is 6.24. The molecule has 38 heavy (non-hydrogen) atoms. The Hall–Kier alpha value is -5.86. The summed E-state index contributed by atoms with van der Waals surface area (Å²) < 4.78 is 0. The van der Waals surface area contributed by atoms with Gasteiger partial charge in [-0.2, -0.15) is 5.01 Å². The van der Waals surface area contributed by atoms with Gasteiger partial charge in [0, 0.05) is 41.5 Å². The van der Waals surface area contributed by atoms with Gasteiger partial charge in [-0.05, 0) is 12.1 Å². The van der Waals surface area contributed by atoms with Gasteiger partial charge in [0.25, 0.3) is 34.8 Å². The Morgan fingerprint density at radius 3 is 1.87 bits per heavy atom. The van der Waals surface area contributed by atoms with Crippen LogP contribution >= 0.6 is 0 Å². The summed E-state index contributed by atoms with van der Waals surface area (Å²) in [6.45, 7) is -1.01. The molecule has 3 amide bonds. The minimum atomic E-state index is -1.28. The first-order chi connectivity index (χ1) is 18.0. The summed E-state index contributed by atoms with van der Waals surface area (Å²) in [6, 6.07) is 12.0.